The van der Waals surface area contributed by atoms with Crippen molar-refractivity contribution in [1.82, 2.24) is 10.2 Å². The lowest BCUT2D eigenvalue weighted by molar-refractivity contribution is -0.180. The molecule has 3 nitrogen and oxygen atoms in total. The fourth-order valence-corrected chi connectivity index (χ4v) is 3.42. The van der Waals surface area contributed by atoms with Crippen LogP contribution in [0.1, 0.15) is 51.4 Å². The van der Waals surface area contributed by atoms with Crippen molar-refractivity contribution >= 4 is 5.91 Å². The van der Waals surface area contributed by atoms with Crippen LogP contribution in [0.2, 0.25) is 0 Å². The van der Waals surface area contributed by atoms with Gasteiger partial charge in [-0.2, -0.15) is 13.2 Å². The lowest BCUT2D eigenvalue weighted by Crippen LogP contribution is -2.53. The van der Waals surface area contributed by atoms with Gasteiger partial charge in [0.25, 0.3) is 0 Å². The molecule has 1 amide bonds. The minimum Gasteiger partial charge on any atom is -0.341 e. The summed E-state index contributed by atoms with van der Waals surface area (Å²) in [6, 6.07) is -0.195. The van der Waals surface area contributed by atoms with Crippen molar-refractivity contribution in [2.75, 3.05) is 13.6 Å². The number of carbonyl (C=O) groups excluding carboxylic acids is 1. The minimum absolute atomic E-state index is 0.0393. The van der Waals surface area contributed by atoms with Crippen LogP contribution in [-0.2, 0) is 4.79 Å². The van der Waals surface area contributed by atoms with Gasteiger partial charge in [-0.3, -0.25) is 4.79 Å². The second-order valence-electron chi connectivity index (χ2n) is 6.37. The monoisotopic (exact) mass is 306 g/mol. The first-order valence-corrected chi connectivity index (χ1v) is 7.96. The van der Waals surface area contributed by atoms with Crippen molar-refractivity contribution in [2.24, 2.45) is 5.92 Å². The second-order valence-corrected chi connectivity index (χ2v) is 6.37. The van der Waals surface area contributed by atoms with Gasteiger partial charge in [-0.15, -0.1) is 0 Å². The molecule has 1 saturated carbocycles. The Morgan fingerprint density at radius 2 is 1.67 bits per heavy atom. The van der Waals surface area contributed by atoms with Crippen LogP contribution in [0, 0.1) is 5.92 Å². The topological polar surface area (TPSA) is 32.3 Å². The van der Waals surface area contributed by atoms with E-state index in [4.69, 9.17) is 0 Å². The number of amides is 1. The minimum atomic E-state index is -4.16. The molecule has 0 spiro atoms. The number of hydrogen-bond donors (Lipinski definition) is 1. The molecule has 0 aromatic carbocycles. The fourth-order valence-electron chi connectivity index (χ4n) is 3.42. The van der Waals surface area contributed by atoms with Crippen LogP contribution in [-0.4, -0.2) is 42.7 Å². The molecule has 0 bridgehead atoms. The number of alkyl halides is 3. The number of hydrogen-bond acceptors (Lipinski definition) is 2. The first-order chi connectivity index (χ1) is 9.89. The van der Waals surface area contributed by atoms with Crippen LogP contribution >= 0.6 is 0 Å². The highest BCUT2D eigenvalue weighted by Gasteiger charge is 2.43. The summed E-state index contributed by atoms with van der Waals surface area (Å²) in [7, 11) is 1.80. The van der Waals surface area contributed by atoms with E-state index in [0.717, 1.165) is 25.7 Å². The van der Waals surface area contributed by atoms with Gasteiger partial charge in [0.2, 0.25) is 5.91 Å². The maximum atomic E-state index is 12.6. The van der Waals surface area contributed by atoms with Crippen LogP contribution in [0.15, 0.2) is 0 Å². The van der Waals surface area contributed by atoms with Crippen molar-refractivity contribution < 1.29 is 18.0 Å². The SMILES string of the molecule is CN(C(=O)C1CCC(C(F)(F)F)CN1)C1CCCCCC1. The fraction of sp³-hybridized carbons (Fsp3) is 0.933. The molecule has 2 atom stereocenters. The Bertz CT molecular complexity index is 343. The third-order valence-corrected chi connectivity index (χ3v) is 4.90. The zero-order chi connectivity index (χ0) is 15.5. The van der Waals surface area contributed by atoms with Gasteiger partial charge in [-0.05, 0) is 25.7 Å². The molecule has 2 aliphatic rings. The normalized spacial score (nSPS) is 29.0. The number of nitrogens with zero attached hydrogens (tertiary/aromatic N) is 1. The Balaban J connectivity index is 1.86. The third-order valence-electron chi connectivity index (χ3n) is 4.90. The summed E-state index contributed by atoms with van der Waals surface area (Å²) in [5.41, 5.74) is 0. The zero-order valence-electron chi connectivity index (χ0n) is 12.6. The molecule has 1 aliphatic heterocycles. The predicted octanol–water partition coefficient (Wildman–Crippen LogP) is 3.10. The summed E-state index contributed by atoms with van der Waals surface area (Å²) in [5, 5.41) is 2.80. The molecule has 0 aromatic heterocycles. The summed E-state index contributed by atoms with van der Waals surface area (Å²) in [6.07, 6.45) is 2.90. The summed E-state index contributed by atoms with van der Waals surface area (Å²) >= 11 is 0. The number of piperidine rings is 1. The summed E-state index contributed by atoms with van der Waals surface area (Å²) in [5.74, 6) is -1.35. The van der Waals surface area contributed by atoms with Crippen molar-refractivity contribution in [2.45, 2.75) is 69.6 Å². The van der Waals surface area contributed by atoms with Gasteiger partial charge in [0, 0.05) is 19.6 Å². The first-order valence-electron chi connectivity index (χ1n) is 7.96. The van der Waals surface area contributed by atoms with Gasteiger partial charge in [0.05, 0.1) is 12.0 Å². The van der Waals surface area contributed by atoms with Gasteiger partial charge >= 0.3 is 6.18 Å². The zero-order valence-corrected chi connectivity index (χ0v) is 12.6. The molecule has 1 aliphatic carbocycles. The Morgan fingerprint density at radius 3 is 2.14 bits per heavy atom. The maximum absolute atomic E-state index is 12.6. The maximum Gasteiger partial charge on any atom is 0.393 e. The Labute approximate surface area is 124 Å². The number of nitrogens with one attached hydrogen (secondary N) is 1. The van der Waals surface area contributed by atoms with Crippen molar-refractivity contribution in [3.63, 3.8) is 0 Å². The Morgan fingerprint density at radius 1 is 1.05 bits per heavy atom. The van der Waals surface area contributed by atoms with Crippen molar-refractivity contribution in [1.29, 1.82) is 0 Å². The molecular weight excluding hydrogens is 281 g/mol. The van der Waals surface area contributed by atoms with E-state index in [0.29, 0.717) is 0 Å². The molecule has 1 saturated heterocycles. The van der Waals surface area contributed by atoms with E-state index >= 15 is 0 Å². The second kappa shape index (κ2) is 6.99. The molecule has 2 unspecified atom stereocenters. The van der Waals surface area contributed by atoms with Crippen LogP contribution in [0.3, 0.4) is 0 Å². The largest absolute Gasteiger partial charge is 0.393 e. The van der Waals surface area contributed by atoms with Gasteiger partial charge in [-0.25, -0.2) is 0 Å². The van der Waals surface area contributed by atoms with E-state index in [1.165, 1.54) is 12.8 Å². The predicted molar refractivity (Wildman–Crippen MR) is 74.8 cm³/mol. The number of halogens is 3. The molecule has 2 rings (SSSR count). The summed E-state index contributed by atoms with van der Waals surface area (Å²) < 4.78 is 37.9. The van der Waals surface area contributed by atoms with E-state index < -0.39 is 18.1 Å². The van der Waals surface area contributed by atoms with Gasteiger partial charge < -0.3 is 10.2 Å². The highest BCUT2D eigenvalue weighted by molar-refractivity contribution is 5.82. The molecule has 0 radical (unpaired) electrons. The van der Waals surface area contributed by atoms with Gasteiger partial charge in [0.15, 0.2) is 0 Å². The molecular formula is C15H25F3N2O. The molecule has 6 heteroatoms. The molecule has 2 fully saturated rings. The quantitative estimate of drug-likeness (QED) is 0.795. The highest BCUT2D eigenvalue weighted by Crippen LogP contribution is 2.32. The molecule has 1 heterocycles. The average molecular weight is 306 g/mol. The Hall–Kier alpha value is -0.780. The van der Waals surface area contributed by atoms with Crippen molar-refractivity contribution in [3.05, 3.63) is 0 Å². The van der Waals surface area contributed by atoms with Crippen LogP contribution in [0.4, 0.5) is 13.2 Å². The third kappa shape index (κ3) is 4.34. The molecule has 1 N–H and O–H groups in total. The van der Waals surface area contributed by atoms with Crippen LogP contribution in [0.5, 0.6) is 0 Å². The average Bonchev–Trinajstić information content (AvgIpc) is 2.74. The smallest absolute Gasteiger partial charge is 0.341 e. The molecule has 21 heavy (non-hydrogen) atoms. The van der Waals surface area contributed by atoms with E-state index in [-0.39, 0.29) is 31.3 Å². The molecule has 122 valence electrons. The van der Waals surface area contributed by atoms with Gasteiger partial charge in [-0.1, -0.05) is 25.7 Å². The number of rotatable bonds is 2. The van der Waals surface area contributed by atoms with E-state index in [2.05, 4.69) is 5.32 Å². The highest BCUT2D eigenvalue weighted by atomic mass is 19.4. The standard InChI is InChI=1S/C15H25F3N2O/c1-20(12-6-4-2-3-5-7-12)14(21)13-9-8-11(10-19-13)15(16,17)18/h11-13,19H,2-10H2,1H3. The first kappa shape index (κ1) is 16.6. The van der Waals surface area contributed by atoms with Crippen LogP contribution < -0.4 is 5.32 Å². The van der Waals surface area contributed by atoms with Crippen molar-refractivity contribution in [3.8, 4) is 0 Å². The molecule has 0 aromatic rings. The summed E-state index contributed by atoms with van der Waals surface area (Å²) in [4.78, 5) is 14.2. The Kier molecular flexibility index (Phi) is 5.52. The van der Waals surface area contributed by atoms with E-state index in [1.807, 2.05) is 0 Å². The lowest BCUT2D eigenvalue weighted by Gasteiger charge is -2.35. The lowest BCUT2D eigenvalue weighted by atomic mass is 9.93. The van der Waals surface area contributed by atoms with E-state index in [1.54, 1.807) is 11.9 Å². The number of likely N-dealkylation sites (N-methyl/N-ethyl adjacent to an activating group) is 1. The van der Waals surface area contributed by atoms with E-state index in [9.17, 15) is 18.0 Å². The number of carbonyl (C=O) groups is 1. The van der Waals surface area contributed by atoms with Crippen LogP contribution in [0.25, 0.3) is 0 Å². The van der Waals surface area contributed by atoms with Gasteiger partial charge in [0.1, 0.15) is 0 Å². The summed E-state index contributed by atoms with van der Waals surface area (Å²) in [6.45, 7) is -0.140.